The Bertz CT molecular complexity index is 142. The Labute approximate surface area is 69.3 Å². The van der Waals surface area contributed by atoms with E-state index >= 15 is 0 Å². The maximum Gasteiger partial charge on any atom is 0.0147 e. The summed E-state index contributed by atoms with van der Waals surface area (Å²) in [5.41, 5.74) is 1.16. The van der Waals surface area contributed by atoms with Crippen molar-refractivity contribution in [1.29, 1.82) is 0 Å². The van der Waals surface area contributed by atoms with Crippen molar-refractivity contribution in [3.05, 3.63) is 12.3 Å². The quantitative estimate of drug-likeness (QED) is 0.657. The lowest BCUT2D eigenvalue weighted by Gasteiger charge is -2.19. The molecule has 1 aliphatic rings. The van der Waals surface area contributed by atoms with Gasteiger partial charge < -0.3 is 10.2 Å². The molecule has 2 heteroatoms. The second kappa shape index (κ2) is 3.77. The van der Waals surface area contributed by atoms with Gasteiger partial charge >= 0.3 is 0 Å². The van der Waals surface area contributed by atoms with Crippen LogP contribution in [-0.2, 0) is 0 Å². The Morgan fingerprint density at radius 3 is 2.91 bits per heavy atom. The van der Waals surface area contributed by atoms with Crippen LogP contribution in [0.15, 0.2) is 12.3 Å². The molecule has 2 nitrogen and oxygen atoms in total. The van der Waals surface area contributed by atoms with Crippen molar-refractivity contribution >= 4 is 0 Å². The van der Waals surface area contributed by atoms with Crippen LogP contribution >= 0.6 is 0 Å². The topological polar surface area (TPSA) is 15.3 Å². The zero-order valence-electron chi connectivity index (χ0n) is 7.56. The van der Waals surface area contributed by atoms with Crippen LogP contribution in [0.4, 0.5) is 0 Å². The fraction of sp³-hybridized carbons (Fsp3) is 0.778. The monoisotopic (exact) mass is 154 g/mol. The summed E-state index contributed by atoms with van der Waals surface area (Å²) < 4.78 is 0. The molecule has 1 heterocycles. The Morgan fingerprint density at radius 2 is 2.45 bits per heavy atom. The van der Waals surface area contributed by atoms with Crippen molar-refractivity contribution in [1.82, 2.24) is 10.2 Å². The van der Waals surface area contributed by atoms with E-state index in [4.69, 9.17) is 0 Å². The van der Waals surface area contributed by atoms with E-state index in [2.05, 4.69) is 23.8 Å². The van der Waals surface area contributed by atoms with Gasteiger partial charge in [-0.3, -0.25) is 0 Å². The third kappa shape index (κ3) is 2.22. The summed E-state index contributed by atoms with van der Waals surface area (Å²) in [7, 11) is 4.14. The molecule has 0 aliphatic carbocycles. The first kappa shape index (κ1) is 8.60. The molecule has 0 saturated carbocycles. The second-order valence-electron chi connectivity index (χ2n) is 3.33. The van der Waals surface area contributed by atoms with E-state index < -0.39 is 0 Å². The summed E-state index contributed by atoms with van der Waals surface area (Å²) in [6.45, 7) is 5.18. The molecule has 0 aromatic carbocycles. The minimum Gasteiger partial charge on any atom is -0.392 e. The highest BCUT2D eigenvalue weighted by atomic mass is 15.1. The molecule has 1 aliphatic heterocycles. The molecule has 1 rings (SSSR count). The molecule has 1 saturated heterocycles. The van der Waals surface area contributed by atoms with E-state index in [9.17, 15) is 0 Å². The molecule has 0 aromatic heterocycles. The van der Waals surface area contributed by atoms with Crippen LogP contribution in [0.1, 0.15) is 19.3 Å². The number of hydrogen-bond donors (Lipinski definition) is 1. The standard InChI is InChI=1S/C9H18N2/c1-8(10-2)7-9-5-4-6-11(9)3/h9-10H,1,4-7H2,2-3H3. The van der Waals surface area contributed by atoms with Gasteiger partial charge in [0.15, 0.2) is 0 Å². The van der Waals surface area contributed by atoms with Crippen molar-refractivity contribution in [2.75, 3.05) is 20.6 Å². The fourth-order valence-electron chi connectivity index (χ4n) is 1.62. The molecule has 0 spiro atoms. The van der Waals surface area contributed by atoms with E-state index in [0.717, 1.165) is 18.2 Å². The van der Waals surface area contributed by atoms with Gasteiger partial charge in [-0.1, -0.05) is 6.58 Å². The van der Waals surface area contributed by atoms with Crippen LogP contribution in [0, 0.1) is 0 Å². The maximum atomic E-state index is 3.93. The number of hydrogen-bond acceptors (Lipinski definition) is 2. The van der Waals surface area contributed by atoms with Gasteiger partial charge in [-0.05, 0) is 26.4 Å². The Hall–Kier alpha value is -0.500. The summed E-state index contributed by atoms with van der Waals surface area (Å²) in [5.74, 6) is 0. The lowest BCUT2D eigenvalue weighted by atomic mass is 10.1. The molecular weight excluding hydrogens is 136 g/mol. The minimum atomic E-state index is 0.731. The SMILES string of the molecule is C=C(CC1CCCN1C)NC. The third-order valence-electron chi connectivity index (χ3n) is 2.51. The molecule has 1 N–H and O–H groups in total. The van der Waals surface area contributed by atoms with Gasteiger partial charge in [0.2, 0.25) is 0 Å². The van der Waals surface area contributed by atoms with E-state index in [0.29, 0.717) is 0 Å². The van der Waals surface area contributed by atoms with Gasteiger partial charge in [-0.2, -0.15) is 0 Å². The molecule has 11 heavy (non-hydrogen) atoms. The number of likely N-dealkylation sites (tertiary alicyclic amines) is 1. The fourth-order valence-corrected chi connectivity index (χ4v) is 1.62. The number of nitrogens with zero attached hydrogens (tertiary/aromatic N) is 1. The van der Waals surface area contributed by atoms with Crippen LogP contribution in [0.5, 0.6) is 0 Å². The van der Waals surface area contributed by atoms with Crippen LogP contribution in [-0.4, -0.2) is 31.6 Å². The minimum absolute atomic E-state index is 0.731. The molecule has 0 aromatic rings. The first-order valence-electron chi connectivity index (χ1n) is 4.30. The van der Waals surface area contributed by atoms with Gasteiger partial charge in [0.1, 0.15) is 0 Å². The lowest BCUT2D eigenvalue weighted by molar-refractivity contribution is 0.306. The van der Waals surface area contributed by atoms with E-state index in [1.807, 2.05) is 7.05 Å². The predicted octanol–water partition coefficient (Wildman–Crippen LogP) is 1.20. The van der Waals surface area contributed by atoms with Crippen LogP contribution < -0.4 is 5.32 Å². The van der Waals surface area contributed by atoms with Gasteiger partial charge in [-0.15, -0.1) is 0 Å². The number of rotatable bonds is 3. The summed E-state index contributed by atoms with van der Waals surface area (Å²) in [4.78, 5) is 2.42. The van der Waals surface area contributed by atoms with E-state index in [-0.39, 0.29) is 0 Å². The van der Waals surface area contributed by atoms with Gasteiger partial charge in [0.05, 0.1) is 0 Å². The van der Waals surface area contributed by atoms with Crippen molar-refractivity contribution in [2.24, 2.45) is 0 Å². The van der Waals surface area contributed by atoms with Gasteiger partial charge in [0, 0.05) is 25.2 Å². The second-order valence-corrected chi connectivity index (χ2v) is 3.33. The van der Waals surface area contributed by atoms with Gasteiger partial charge in [-0.25, -0.2) is 0 Å². The third-order valence-corrected chi connectivity index (χ3v) is 2.51. The molecular formula is C9H18N2. The van der Waals surface area contributed by atoms with Crippen LogP contribution in [0.25, 0.3) is 0 Å². The average molecular weight is 154 g/mol. The van der Waals surface area contributed by atoms with Crippen LogP contribution in [0.2, 0.25) is 0 Å². The summed E-state index contributed by atoms with van der Waals surface area (Å²) >= 11 is 0. The van der Waals surface area contributed by atoms with Crippen molar-refractivity contribution in [3.8, 4) is 0 Å². The Kier molecular flexibility index (Phi) is 2.94. The molecule has 1 unspecified atom stereocenters. The molecule has 0 bridgehead atoms. The van der Waals surface area contributed by atoms with E-state index in [1.54, 1.807) is 0 Å². The predicted molar refractivity (Wildman–Crippen MR) is 48.5 cm³/mol. The largest absolute Gasteiger partial charge is 0.392 e. The zero-order chi connectivity index (χ0) is 8.27. The van der Waals surface area contributed by atoms with Crippen LogP contribution in [0.3, 0.4) is 0 Å². The van der Waals surface area contributed by atoms with E-state index in [1.165, 1.54) is 19.4 Å². The highest BCUT2D eigenvalue weighted by Crippen LogP contribution is 2.19. The molecule has 1 atom stereocenters. The van der Waals surface area contributed by atoms with Crippen molar-refractivity contribution in [3.63, 3.8) is 0 Å². The summed E-state index contributed by atoms with van der Waals surface area (Å²) in [5, 5.41) is 3.09. The summed E-state index contributed by atoms with van der Waals surface area (Å²) in [6.07, 6.45) is 3.78. The Morgan fingerprint density at radius 1 is 1.73 bits per heavy atom. The Balaban J connectivity index is 2.30. The zero-order valence-corrected chi connectivity index (χ0v) is 7.56. The average Bonchev–Trinajstić information content (AvgIpc) is 2.37. The van der Waals surface area contributed by atoms with Crippen molar-refractivity contribution in [2.45, 2.75) is 25.3 Å². The van der Waals surface area contributed by atoms with Crippen molar-refractivity contribution < 1.29 is 0 Å². The highest BCUT2D eigenvalue weighted by molar-refractivity contribution is 4.95. The first-order valence-corrected chi connectivity index (χ1v) is 4.30. The highest BCUT2D eigenvalue weighted by Gasteiger charge is 2.20. The van der Waals surface area contributed by atoms with Gasteiger partial charge in [0.25, 0.3) is 0 Å². The molecule has 0 amide bonds. The molecule has 64 valence electrons. The molecule has 0 radical (unpaired) electrons. The number of nitrogens with one attached hydrogen (secondary N) is 1. The summed E-state index contributed by atoms with van der Waals surface area (Å²) in [6, 6.07) is 0.731. The maximum absolute atomic E-state index is 3.93. The first-order chi connectivity index (χ1) is 5.24. The smallest absolute Gasteiger partial charge is 0.0147 e. The lowest BCUT2D eigenvalue weighted by Crippen LogP contribution is -2.26. The normalized spacial score (nSPS) is 25.5. The molecule has 1 fully saturated rings.